The summed E-state index contributed by atoms with van der Waals surface area (Å²) in [6.07, 6.45) is 5.28. The summed E-state index contributed by atoms with van der Waals surface area (Å²) >= 11 is 3.47. The van der Waals surface area contributed by atoms with Gasteiger partial charge in [-0.05, 0) is 53.7 Å². The molecule has 2 aliphatic rings. The number of aromatic nitrogens is 1. The number of nitrogens with zero attached hydrogens (tertiary/aromatic N) is 2. The zero-order valence-electron chi connectivity index (χ0n) is 9.95. The molecule has 0 aromatic carbocycles. The summed E-state index contributed by atoms with van der Waals surface area (Å²) in [6.45, 7) is 3.26. The molecule has 17 heavy (non-hydrogen) atoms. The molecule has 1 aromatic heterocycles. The van der Waals surface area contributed by atoms with Gasteiger partial charge in [0.2, 0.25) is 0 Å². The van der Waals surface area contributed by atoms with Gasteiger partial charge in [-0.3, -0.25) is 0 Å². The number of pyridine rings is 1. The maximum Gasteiger partial charge on any atom is 0.106 e. The fourth-order valence-corrected chi connectivity index (χ4v) is 2.72. The highest BCUT2D eigenvalue weighted by Crippen LogP contribution is 2.26. The summed E-state index contributed by atoms with van der Waals surface area (Å²) in [5.74, 6) is 0. The first-order valence-corrected chi connectivity index (χ1v) is 7.26. The minimum Gasteiger partial charge on any atom is -0.370 e. The van der Waals surface area contributed by atoms with Crippen LogP contribution in [0.1, 0.15) is 31.4 Å². The number of rotatable bonds is 4. The van der Waals surface area contributed by atoms with Crippen molar-refractivity contribution in [3.63, 3.8) is 0 Å². The standard InChI is InChI=1S/C13H18BrN3/c14-13-6-5-12(17-7-1-2-8-17)11(16-13)9-15-10-3-4-10/h5-6,10,15H,1-4,7-9H2. The van der Waals surface area contributed by atoms with Crippen LogP contribution in [-0.2, 0) is 6.54 Å². The monoisotopic (exact) mass is 295 g/mol. The molecule has 0 spiro atoms. The molecule has 1 saturated carbocycles. The van der Waals surface area contributed by atoms with Crippen molar-refractivity contribution in [3.8, 4) is 0 Å². The van der Waals surface area contributed by atoms with Crippen LogP contribution < -0.4 is 10.2 Å². The summed E-state index contributed by atoms with van der Waals surface area (Å²) < 4.78 is 0.938. The minimum absolute atomic E-state index is 0.738. The molecular weight excluding hydrogens is 278 g/mol. The van der Waals surface area contributed by atoms with Crippen molar-refractivity contribution in [2.45, 2.75) is 38.3 Å². The van der Waals surface area contributed by atoms with E-state index in [-0.39, 0.29) is 0 Å². The number of halogens is 1. The Hall–Kier alpha value is -0.610. The van der Waals surface area contributed by atoms with E-state index < -0.39 is 0 Å². The lowest BCUT2D eigenvalue weighted by Crippen LogP contribution is -2.23. The van der Waals surface area contributed by atoms with Gasteiger partial charge in [0.05, 0.1) is 11.4 Å². The van der Waals surface area contributed by atoms with Crippen LogP contribution in [-0.4, -0.2) is 24.1 Å². The van der Waals surface area contributed by atoms with Crippen molar-refractivity contribution in [2.24, 2.45) is 0 Å². The van der Waals surface area contributed by atoms with Crippen LogP contribution >= 0.6 is 15.9 Å². The van der Waals surface area contributed by atoms with E-state index in [1.807, 2.05) is 6.07 Å². The highest BCUT2D eigenvalue weighted by atomic mass is 79.9. The van der Waals surface area contributed by atoms with Gasteiger partial charge in [-0.25, -0.2) is 4.98 Å². The van der Waals surface area contributed by atoms with Gasteiger partial charge in [-0.15, -0.1) is 0 Å². The maximum atomic E-state index is 4.63. The molecule has 2 fully saturated rings. The van der Waals surface area contributed by atoms with E-state index in [9.17, 15) is 0 Å². The average molecular weight is 296 g/mol. The highest BCUT2D eigenvalue weighted by Gasteiger charge is 2.22. The van der Waals surface area contributed by atoms with Crippen molar-refractivity contribution in [1.29, 1.82) is 0 Å². The smallest absolute Gasteiger partial charge is 0.106 e. The van der Waals surface area contributed by atoms with Crippen molar-refractivity contribution < 1.29 is 0 Å². The van der Waals surface area contributed by atoms with Gasteiger partial charge in [0.1, 0.15) is 4.60 Å². The third-order valence-electron chi connectivity index (χ3n) is 3.50. The van der Waals surface area contributed by atoms with Gasteiger partial charge in [0.15, 0.2) is 0 Å². The molecule has 1 aliphatic carbocycles. The molecule has 1 saturated heterocycles. The largest absolute Gasteiger partial charge is 0.370 e. The third kappa shape index (κ3) is 2.80. The van der Waals surface area contributed by atoms with E-state index >= 15 is 0 Å². The van der Waals surface area contributed by atoms with E-state index in [2.05, 4.69) is 37.2 Å². The van der Waals surface area contributed by atoms with Crippen molar-refractivity contribution in [2.75, 3.05) is 18.0 Å². The fourth-order valence-electron chi connectivity index (χ4n) is 2.37. The second kappa shape index (κ2) is 4.94. The number of anilines is 1. The van der Waals surface area contributed by atoms with Gasteiger partial charge in [-0.1, -0.05) is 0 Å². The van der Waals surface area contributed by atoms with E-state index in [1.54, 1.807) is 0 Å². The molecule has 92 valence electrons. The van der Waals surface area contributed by atoms with Gasteiger partial charge in [-0.2, -0.15) is 0 Å². The Kier molecular flexibility index (Phi) is 3.34. The molecule has 3 nitrogen and oxygen atoms in total. The summed E-state index contributed by atoms with van der Waals surface area (Å²) in [5.41, 5.74) is 2.51. The summed E-state index contributed by atoms with van der Waals surface area (Å²) in [4.78, 5) is 7.09. The Labute approximate surface area is 111 Å². The number of nitrogens with one attached hydrogen (secondary N) is 1. The second-order valence-electron chi connectivity index (χ2n) is 4.95. The molecule has 2 heterocycles. The molecule has 0 amide bonds. The highest BCUT2D eigenvalue weighted by molar-refractivity contribution is 9.10. The zero-order chi connectivity index (χ0) is 11.7. The summed E-state index contributed by atoms with van der Waals surface area (Å²) in [6, 6.07) is 4.99. The SMILES string of the molecule is Brc1ccc(N2CCCC2)c(CNC2CC2)n1. The van der Waals surface area contributed by atoms with Gasteiger partial charge < -0.3 is 10.2 Å². The van der Waals surface area contributed by atoms with Crippen LogP contribution in [0.25, 0.3) is 0 Å². The Morgan fingerprint density at radius 1 is 1.29 bits per heavy atom. The fraction of sp³-hybridized carbons (Fsp3) is 0.615. The Morgan fingerprint density at radius 3 is 2.76 bits per heavy atom. The first-order chi connectivity index (χ1) is 8.33. The van der Waals surface area contributed by atoms with Crippen LogP contribution in [0.5, 0.6) is 0 Å². The third-order valence-corrected chi connectivity index (χ3v) is 3.94. The Balaban J connectivity index is 1.78. The molecular formula is C13H18BrN3. The minimum atomic E-state index is 0.738. The second-order valence-corrected chi connectivity index (χ2v) is 5.76. The maximum absolute atomic E-state index is 4.63. The van der Waals surface area contributed by atoms with Crippen LogP contribution in [0.15, 0.2) is 16.7 Å². The Bertz CT molecular complexity index is 398. The molecule has 0 bridgehead atoms. The van der Waals surface area contributed by atoms with E-state index in [0.717, 1.165) is 17.2 Å². The van der Waals surface area contributed by atoms with E-state index in [1.165, 1.54) is 50.2 Å². The molecule has 1 N–H and O–H groups in total. The van der Waals surface area contributed by atoms with Crippen LogP contribution in [0.2, 0.25) is 0 Å². The lowest BCUT2D eigenvalue weighted by Gasteiger charge is -2.21. The van der Waals surface area contributed by atoms with Gasteiger partial charge >= 0.3 is 0 Å². The predicted molar refractivity (Wildman–Crippen MR) is 73.2 cm³/mol. The van der Waals surface area contributed by atoms with Crippen molar-refractivity contribution >= 4 is 21.6 Å². The van der Waals surface area contributed by atoms with Crippen LogP contribution in [0.4, 0.5) is 5.69 Å². The van der Waals surface area contributed by atoms with Crippen LogP contribution in [0, 0.1) is 0 Å². The molecule has 3 rings (SSSR count). The molecule has 0 atom stereocenters. The molecule has 1 aromatic rings. The van der Waals surface area contributed by atoms with Crippen molar-refractivity contribution in [1.82, 2.24) is 10.3 Å². The topological polar surface area (TPSA) is 28.2 Å². The first kappa shape index (κ1) is 11.5. The quantitative estimate of drug-likeness (QED) is 0.866. The normalized spacial score (nSPS) is 19.9. The number of hydrogen-bond acceptors (Lipinski definition) is 3. The van der Waals surface area contributed by atoms with E-state index in [0.29, 0.717) is 0 Å². The number of hydrogen-bond donors (Lipinski definition) is 1. The van der Waals surface area contributed by atoms with E-state index in [4.69, 9.17) is 0 Å². The molecule has 0 radical (unpaired) electrons. The zero-order valence-corrected chi connectivity index (χ0v) is 11.5. The Morgan fingerprint density at radius 2 is 2.06 bits per heavy atom. The average Bonchev–Trinajstić information content (AvgIpc) is 3.00. The molecule has 4 heteroatoms. The lowest BCUT2D eigenvalue weighted by atomic mass is 10.2. The molecule has 0 unspecified atom stereocenters. The predicted octanol–water partition coefficient (Wildman–Crippen LogP) is 2.70. The summed E-state index contributed by atoms with van der Waals surface area (Å²) in [7, 11) is 0. The van der Waals surface area contributed by atoms with Gasteiger partial charge in [0.25, 0.3) is 0 Å². The molecule has 1 aliphatic heterocycles. The lowest BCUT2D eigenvalue weighted by molar-refractivity contribution is 0.671. The first-order valence-electron chi connectivity index (χ1n) is 6.47. The van der Waals surface area contributed by atoms with Crippen molar-refractivity contribution in [3.05, 3.63) is 22.4 Å². The summed E-state index contributed by atoms with van der Waals surface area (Å²) in [5, 5.41) is 3.55. The van der Waals surface area contributed by atoms with Gasteiger partial charge in [0, 0.05) is 25.7 Å². The van der Waals surface area contributed by atoms with Crippen LogP contribution in [0.3, 0.4) is 0 Å².